The summed E-state index contributed by atoms with van der Waals surface area (Å²) < 4.78 is 1.16. The van der Waals surface area contributed by atoms with Gasteiger partial charge in [-0.05, 0) is 48.2 Å². The number of H-pyrrole nitrogens is 1. The molecule has 0 unspecified atom stereocenters. The van der Waals surface area contributed by atoms with Crippen molar-refractivity contribution < 1.29 is 4.79 Å². The van der Waals surface area contributed by atoms with Gasteiger partial charge in [-0.1, -0.05) is 26.0 Å². The number of hydrogen-bond donors (Lipinski definition) is 2. The lowest BCUT2D eigenvalue weighted by Crippen LogP contribution is -2.24. The molecule has 0 radical (unpaired) electrons. The van der Waals surface area contributed by atoms with Crippen molar-refractivity contribution in [2.24, 2.45) is 0 Å². The molecule has 3 N–H and O–H groups in total. The van der Waals surface area contributed by atoms with Crippen LogP contribution in [0.4, 0.5) is 5.69 Å². The monoisotopic (exact) mass is 309 g/mol. The summed E-state index contributed by atoms with van der Waals surface area (Å²) in [6.45, 7) is 6.03. The number of hydrogen-bond acceptors (Lipinski definition) is 3. The molecule has 0 saturated carbocycles. The Balaban J connectivity index is 2.12. The van der Waals surface area contributed by atoms with Gasteiger partial charge in [0, 0.05) is 11.3 Å². The van der Waals surface area contributed by atoms with Crippen molar-refractivity contribution in [3.63, 3.8) is 0 Å². The van der Waals surface area contributed by atoms with Crippen LogP contribution in [0.25, 0.3) is 11.0 Å². The molecule has 1 aromatic heterocycles. The number of nitrogens with two attached hydrogens (primary N) is 1. The van der Waals surface area contributed by atoms with Gasteiger partial charge < -0.3 is 10.7 Å². The average molecular weight is 309 g/mol. The van der Waals surface area contributed by atoms with Crippen LogP contribution < -0.4 is 11.4 Å². The number of aromatic amines is 1. The number of aromatic nitrogens is 2. The summed E-state index contributed by atoms with van der Waals surface area (Å²) in [5.74, 6) is 0.0429. The minimum absolute atomic E-state index is 0.347. The zero-order chi connectivity index (χ0) is 16.7. The van der Waals surface area contributed by atoms with Crippen molar-refractivity contribution >= 4 is 22.6 Å². The molecule has 3 rings (SSSR count). The molecule has 5 nitrogen and oxygen atoms in total. The van der Waals surface area contributed by atoms with Gasteiger partial charge in [0.15, 0.2) is 0 Å². The predicted octanol–water partition coefficient (Wildman–Crippen LogP) is 3.03. The summed E-state index contributed by atoms with van der Waals surface area (Å²) in [6, 6.07) is 10.8. The van der Waals surface area contributed by atoms with E-state index in [9.17, 15) is 9.59 Å². The summed E-state index contributed by atoms with van der Waals surface area (Å²) in [4.78, 5) is 27.6. The quantitative estimate of drug-likeness (QED) is 0.714. The molecule has 0 saturated heterocycles. The van der Waals surface area contributed by atoms with Crippen LogP contribution >= 0.6 is 0 Å². The zero-order valence-electron chi connectivity index (χ0n) is 13.4. The highest BCUT2D eigenvalue weighted by Crippen LogP contribution is 2.20. The third-order valence-electron chi connectivity index (χ3n) is 4.10. The zero-order valence-corrected chi connectivity index (χ0v) is 13.4. The van der Waals surface area contributed by atoms with Crippen molar-refractivity contribution in [2.45, 2.75) is 26.7 Å². The number of aryl methyl sites for hydroxylation is 1. The van der Waals surface area contributed by atoms with Gasteiger partial charge in [-0.15, -0.1) is 0 Å². The average Bonchev–Trinajstić information content (AvgIpc) is 2.82. The third-order valence-corrected chi connectivity index (χ3v) is 4.10. The van der Waals surface area contributed by atoms with Crippen molar-refractivity contribution in [1.29, 1.82) is 0 Å². The Morgan fingerprint density at radius 3 is 2.43 bits per heavy atom. The fourth-order valence-corrected chi connectivity index (χ4v) is 2.62. The second-order valence-electron chi connectivity index (χ2n) is 6.07. The van der Waals surface area contributed by atoms with Gasteiger partial charge in [0.2, 0.25) is 0 Å². The Kier molecular flexibility index (Phi) is 3.56. The molecule has 1 heterocycles. The fraction of sp³-hybridized carbons (Fsp3) is 0.222. The molecular formula is C18H19N3O2. The van der Waals surface area contributed by atoms with Crippen LogP contribution in [0.2, 0.25) is 0 Å². The van der Waals surface area contributed by atoms with Gasteiger partial charge in [0.1, 0.15) is 0 Å². The molecule has 0 atom stereocenters. The maximum atomic E-state index is 12.7. The molecule has 23 heavy (non-hydrogen) atoms. The van der Waals surface area contributed by atoms with Crippen LogP contribution in [0.3, 0.4) is 0 Å². The number of carbonyl (C=O) groups is 1. The van der Waals surface area contributed by atoms with E-state index in [1.807, 2.05) is 19.1 Å². The number of rotatable bonds is 2. The van der Waals surface area contributed by atoms with E-state index in [1.54, 1.807) is 24.3 Å². The highest BCUT2D eigenvalue weighted by atomic mass is 16.2. The maximum Gasteiger partial charge on any atom is 0.333 e. The molecule has 0 amide bonds. The summed E-state index contributed by atoms with van der Waals surface area (Å²) in [7, 11) is 0. The first-order valence-corrected chi connectivity index (χ1v) is 7.54. The molecule has 0 fully saturated rings. The Labute approximate surface area is 133 Å². The van der Waals surface area contributed by atoms with E-state index in [0.29, 0.717) is 28.2 Å². The largest absolute Gasteiger partial charge is 0.398 e. The Hall–Kier alpha value is -2.82. The highest BCUT2D eigenvalue weighted by molar-refractivity contribution is 6.01. The van der Waals surface area contributed by atoms with Crippen molar-refractivity contribution in [2.75, 3.05) is 5.73 Å². The first kappa shape index (κ1) is 15.1. The van der Waals surface area contributed by atoms with Crippen LogP contribution in [-0.2, 0) is 0 Å². The summed E-state index contributed by atoms with van der Waals surface area (Å²) in [5.41, 5.74) is 9.55. The number of anilines is 1. The van der Waals surface area contributed by atoms with Gasteiger partial charge in [-0.25, -0.2) is 9.36 Å². The molecule has 0 spiro atoms. The molecule has 0 aliphatic carbocycles. The lowest BCUT2D eigenvalue weighted by molar-refractivity contribution is 0.0961. The maximum absolute atomic E-state index is 12.7. The molecule has 2 aromatic carbocycles. The van der Waals surface area contributed by atoms with Crippen LogP contribution in [0.1, 0.15) is 41.3 Å². The minimum Gasteiger partial charge on any atom is -0.398 e. The second-order valence-corrected chi connectivity index (χ2v) is 6.07. The van der Waals surface area contributed by atoms with E-state index in [-0.39, 0.29) is 5.91 Å². The second kappa shape index (κ2) is 5.43. The molecule has 3 aromatic rings. The Morgan fingerprint density at radius 1 is 1.17 bits per heavy atom. The van der Waals surface area contributed by atoms with E-state index < -0.39 is 5.69 Å². The van der Waals surface area contributed by atoms with Gasteiger partial charge in [-0.2, -0.15) is 0 Å². The van der Waals surface area contributed by atoms with E-state index in [2.05, 4.69) is 18.8 Å². The van der Waals surface area contributed by atoms with Gasteiger partial charge in [0.25, 0.3) is 5.91 Å². The van der Waals surface area contributed by atoms with Crippen LogP contribution in [0, 0.1) is 6.92 Å². The lowest BCUT2D eigenvalue weighted by atomic mass is 10.0. The van der Waals surface area contributed by atoms with Crippen LogP contribution in [0.15, 0.2) is 41.2 Å². The first-order chi connectivity index (χ1) is 10.9. The van der Waals surface area contributed by atoms with Gasteiger partial charge >= 0.3 is 5.69 Å². The van der Waals surface area contributed by atoms with Crippen molar-refractivity contribution in [3.8, 4) is 0 Å². The standard InChI is InChI=1S/C18H19N3O2/c1-10(2)12-4-6-13(7-5-12)17(22)21-16-8-11(3)14(19)9-15(16)20-18(21)23/h4-10H,19H2,1-3H3,(H,20,23). The number of benzene rings is 2. The fourth-order valence-electron chi connectivity index (χ4n) is 2.62. The molecule has 0 aliphatic heterocycles. The number of imidazole rings is 1. The predicted molar refractivity (Wildman–Crippen MR) is 92.0 cm³/mol. The lowest BCUT2D eigenvalue weighted by Gasteiger charge is -2.07. The third kappa shape index (κ3) is 2.54. The van der Waals surface area contributed by atoms with Crippen molar-refractivity contribution in [3.05, 3.63) is 63.6 Å². The topological polar surface area (TPSA) is 80.9 Å². The number of carbonyl (C=O) groups excluding carboxylic acids is 1. The van der Waals surface area contributed by atoms with E-state index in [0.717, 1.165) is 15.7 Å². The van der Waals surface area contributed by atoms with Crippen LogP contribution in [0.5, 0.6) is 0 Å². The number of nitrogens with one attached hydrogen (secondary N) is 1. The van der Waals surface area contributed by atoms with Crippen LogP contribution in [-0.4, -0.2) is 15.5 Å². The molecule has 118 valence electrons. The highest BCUT2D eigenvalue weighted by Gasteiger charge is 2.17. The number of nitrogen functional groups attached to an aromatic ring is 1. The molecule has 0 bridgehead atoms. The smallest absolute Gasteiger partial charge is 0.333 e. The molecule has 0 aliphatic rings. The van der Waals surface area contributed by atoms with E-state index >= 15 is 0 Å². The minimum atomic E-state index is -0.456. The SMILES string of the molecule is Cc1cc2c(cc1N)[nH]c(=O)n2C(=O)c1ccc(C(C)C)cc1. The normalized spacial score (nSPS) is 11.3. The Bertz CT molecular complexity index is 947. The first-order valence-electron chi connectivity index (χ1n) is 7.54. The summed E-state index contributed by atoms with van der Waals surface area (Å²) in [6.07, 6.45) is 0. The summed E-state index contributed by atoms with van der Waals surface area (Å²) in [5, 5.41) is 0. The Morgan fingerprint density at radius 2 is 1.83 bits per heavy atom. The van der Waals surface area contributed by atoms with Crippen molar-refractivity contribution in [1.82, 2.24) is 9.55 Å². The molecular weight excluding hydrogens is 290 g/mol. The van der Waals surface area contributed by atoms with Gasteiger partial charge in [0.05, 0.1) is 11.0 Å². The van der Waals surface area contributed by atoms with E-state index in [4.69, 9.17) is 5.73 Å². The number of nitrogens with zero attached hydrogens (tertiary/aromatic N) is 1. The summed E-state index contributed by atoms with van der Waals surface area (Å²) >= 11 is 0. The van der Waals surface area contributed by atoms with E-state index in [1.165, 1.54) is 0 Å². The molecule has 5 heteroatoms. The van der Waals surface area contributed by atoms with Gasteiger partial charge in [-0.3, -0.25) is 4.79 Å². The number of fused-ring (bicyclic) bond motifs is 1.